The Kier molecular flexibility index (Phi) is 4.92. The van der Waals surface area contributed by atoms with E-state index >= 15 is 0 Å². The number of anilines is 1. The molecule has 96 valence electrons. The summed E-state index contributed by atoms with van der Waals surface area (Å²) < 4.78 is 9.23. The summed E-state index contributed by atoms with van der Waals surface area (Å²) in [6, 6.07) is 7.75. The van der Waals surface area contributed by atoms with Crippen molar-refractivity contribution in [3.05, 3.63) is 40.7 Å². The highest BCUT2D eigenvalue weighted by molar-refractivity contribution is 7.09. The smallest absolute Gasteiger partial charge is 0.202 e. The molecule has 0 bridgehead atoms. The molecule has 0 aliphatic rings. The van der Waals surface area contributed by atoms with Gasteiger partial charge in [0.15, 0.2) is 0 Å². The number of methoxy groups -OCH3 is 1. The van der Waals surface area contributed by atoms with Crippen molar-refractivity contribution in [2.24, 2.45) is 0 Å². The Hall–Kier alpha value is -1.17. The summed E-state index contributed by atoms with van der Waals surface area (Å²) in [5, 5.41) is 4.79. The van der Waals surface area contributed by atoms with Gasteiger partial charge in [0.25, 0.3) is 0 Å². The summed E-state index contributed by atoms with van der Waals surface area (Å²) in [7, 11) is 1.67. The van der Waals surface area contributed by atoms with Gasteiger partial charge in [0.05, 0.1) is 6.61 Å². The lowest BCUT2D eigenvalue weighted by Crippen LogP contribution is -2.00. The third kappa shape index (κ3) is 3.94. The van der Waals surface area contributed by atoms with E-state index in [2.05, 4.69) is 14.7 Å². The maximum absolute atomic E-state index is 5.92. The Bertz CT molecular complexity index is 504. The number of aromatic nitrogens is 2. The van der Waals surface area contributed by atoms with Gasteiger partial charge in [-0.3, -0.25) is 0 Å². The minimum Gasteiger partial charge on any atom is -0.384 e. The molecule has 18 heavy (non-hydrogen) atoms. The Morgan fingerprint density at radius 2 is 2.33 bits per heavy atom. The molecule has 1 heterocycles. The highest BCUT2D eigenvalue weighted by Crippen LogP contribution is 2.15. The number of benzene rings is 1. The monoisotopic (exact) mass is 283 g/mol. The first-order chi connectivity index (χ1) is 8.78. The molecular formula is C12H14ClN3OS. The van der Waals surface area contributed by atoms with Crippen LogP contribution in [-0.2, 0) is 17.7 Å². The van der Waals surface area contributed by atoms with Gasteiger partial charge in [0, 0.05) is 36.6 Å². The van der Waals surface area contributed by atoms with Crippen LogP contribution in [0.4, 0.5) is 5.13 Å². The zero-order valence-corrected chi connectivity index (χ0v) is 11.6. The normalized spacial score (nSPS) is 10.6. The van der Waals surface area contributed by atoms with Crippen molar-refractivity contribution in [3.8, 4) is 0 Å². The summed E-state index contributed by atoms with van der Waals surface area (Å²) in [6.45, 7) is 1.34. The van der Waals surface area contributed by atoms with Crippen LogP contribution in [0.25, 0.3) is 0 Å². The van der Waals surface area contributed by atoms with E-state index in [1.807, 2.05) is 24.3 Å². The van der Waals surface area contributed by atoms with Gasteiger partial charge in [0.1, 0.15) is 5.82 Å². The van der Waals surface area contributed by atoms with Gasteiger partial charge in [0.2, 0.25) is 5.13 Å². The average molecular weight is 284 g/mol. The van der Waals surface area contributed by atoms with Gasteiger partial charge >= 0.3 is 0 Å². The van der Waals surface area contributed by atoms with Gasteiger partial charge in [-0.15, -0.1) is 0 Å². The van der Waals surface area contributed by atoms with Crippen LogP contribution < -0.4 is 5.32 Å². The first-order valence-corrected chi connectivity index (χ1v) is 6.73. The van der Waals surface area contributed by atoms with Crippen LogP contribution in [0.1, 0.15) is 11.4 Å². The summed E-state index contributed by atoms with van der Waals surface area (Å²) in [6.07, 6.45) is 0.742. The second-order valence-corrected chi connectivity index (χ2v) is 4.93. The Balaban J connectivity index is 1.88. The Labute approximate surface area is 115 Å². The number of hydrogen-bond acceptors (Lipinski definition) is 5. The fraction of sp³-hybridized carbons (Fsp3) is 0.333. The Morgan fingerprint density at radius 3 is 3.11 bits per heavy atom. The maximum Gasteiger partial charge on any atom is 0.202 e. The molecule has 2 rings (SSSR count). The van der Waals surface area contributed by atoms with E-state index < -0.39 is 0 Å². The van der Waals surface area contributed by atoms with Crippen LogP contribution in [0.3, 0.4) is 0 Å². The van der Waals surface area contributed by atoms with Crippen molar-refractivity contribution >= 4 is 28.3 Å². The average Bonchev–Trinajstić information content (AvgIpc) is 2.82. The molecular weight excluding hydrogens is 270 g/mol. The third-order valence-electron chi connectivity index (χ3n) is 2.33. The van der Waals surface area contributed by atoms with Gasteiger partial charge in [-0.1, -0.05) is 23.7 Å². The topological polar surface area (TPSA) is 47.0 Å². The van der Waals surface area contributed by atoms with Crippen LogP contribution in [0.15, 0.2) is 24.3 Å². The minimum absolute atomic E-state index is 0.643. The van der Waals surface area contributed by atoms with E-state index in [4.69, 9.17) is 16.3 Å². The zero-order chi connectivity index (χ0) is 12.8. The number of hydrogen-bond donors (Lipinski definition) is 1. The molecule has 0 unspecified atom stereocenters. The molecule has 1 aromatic carbocycles. The molecule has 0 radical (unpaired) electrons. The molecule has 0 atom stereocenters. The summed E-state index contributed by atoms with van der Waals surface area (Å²) in [5.74, 6) is 0.815. The highest BCUT2D eigenvalue weighted by atomic mass is 35.5. The van der Waals surface area contributed by atoms with Crippen molar-refractivity contribution in [2.75, 3.05) is 19.0 Å². The van der Waals surface area contributed by atoms with Crippen LogP contribution in [0, 0.1) is 0 Å². The molecule has 0 fully saturated rings. The molecule has 1 N–H and O–H groups in total. The summed E-state index contributed by atoms with van der Waals surface area (Å²) in [5.41, 5.74) is 1.12. The molecule has 0 aliphatic heterocycles. The molecule has 0 spiro atoms. The maximum atomic E-state index is 5.92. The van der Waals surface area contributed by atoms with Gasteiger partial charge in [-0.05, 0) is 17.7 Å². The van der Waals surface area contributed by atoms with Crippen LogP contribution in [0.2, 0.25) is 5.02 Å². The molecule has 0 saturated heterocycles. The summed E-state index contributed by atoms with van der Waals surface area (Å²) >= 11 is 7.28. The van der Waals surface area contributed by atoms with E-state index in [1.165, 1.54) is 11.5 Å². The Morgan fingerprint density at radius 1 is 1.44 bits per heavy atom. The molecule has 0 aliphatic carbocycles. The minimum atomic E-state index is 0.643. The van der Waals surface area contributed by atoms with E-state index in [1.54, 1.807) is 7.11 Å². The number of nitrogens with zero attached hydrogens (tertiary/aromatic N) is 2. The van der Waals surface area contributed by atoms with Crippen LogP contribution in [0.5, 0.6) is 0 Å². The number of nitrogens with one attached hydrogen (secondary N) is 1. The van der Waals surface area contributed by atoms with Crippen molar-refractivity contribution in [3.63, 3.8) is 0 Å². The third-order valence-corrected chi connectivity index (χ3v) is 3.28. The molecule has 6 heteroatoms. The van der Waals surface area contributed by atoms with E-state index in [0.29, 0.717) is 13.2 Å². The van der Waals surface area contributed by atoms with Crippen LogP contribution in [-0.4, -0.2) is 23.1 Å². The lowest BCUT2D eigenvalue weighted by molar-refractivity contribution is 0.201. The largest absolute Gasteiger partial charge is 0.384 e. The van der Waals surface area contributed by atoms with Crippen molar-refractivity contribution in [2.45, 2.75) is 13.0 Å². The summed E-state index contributed by atoms with van der Waals surface area (Å²) in [4.78, 5) is 4.37. The number of halogens is 1. The van der Waals surface area contributed by atoms with Crippen molar-refractivity contribution < 1.29 is 4.74 Å². The first kappa shape index (κ1) is 13.3. The lowest BCUT2D eigenvalue weighted by Gasteiger charge is -2.02. The molecule has 2 aromatic rings. The number of ether oxygens (including phenoxy) is 1. The molecule has 0 saturated carbocycles. The SMILES string of the molecule is COCCc1nsc(NCc2cccc(Cl)c2)n1. The first-order valence-electron chi connectivity index (χ1n) is 5.58. The van der Waals surface area contributed by atoms with Gasteiger partial charge in [-0.2, -0.15) is 4.37 Å². The predicted molar refractivity (Wildman–Crippen MR) is 74.3 cm³/mol. The second kappa shape index (κ2) is 6.68. The quantitative estimate of drug-likeness (QED) is 0.885. The number of rotatable bonds is 6. The van der Waals surface area contributed by atoms with E-state index in [0.717, 1.165) is 28.0 Å². The van der Waals surface area contributed by atoms with Gasteiger partial charge < -0.3 is 10.1 Å². The zero-order valence-electron chi connectivity index (χ0n) is 10.0. The molecule has 0 amide bonds. The predicted octanol–water partition coefficient (Wildman–Crippen LogP) is 2.99. The van der Waals surface area contributed by atoms with Gasteiger partial charge in [-0.25, -0.2) is 4.98 Å². The standard InChI is InChI=1S/C12H14ClN3OS/c1-17-6-5-11-15-12(18-16-11)14-8-9-3-2-4-10(13)7-9/h2-4,7H,5-6,8H2,1H3,(H,14,15,16). The van der Waals surface area contributed by atoms with E-state index in [9.17, 15) is 0 Å². The van der Waals surface area contributed by atoms with Crippen molar-refractivity contribution in [1.82, 2.24) is 9.36 Å². The molecule has 4 nitrogen and oxygen atoms in total. The second-order valence-electron chi connectivity index (χ2n) is 3.74. The fourth-order valence-electron chi connectivity index (χ4n) is 1.45. The fourth-order valence-corrected chi connectivity index (χ4v) is 2.27. The highest BCUT2D eigenvalue weighted by Gasteiger charge is 2.03. The lowest BCUT2D eigenvalue weighted by atomic mass is 10.2. The van der Waals surface area contributed by atoms with E-state index in [-0.39, 0.29) is 0 Å². The van der Waals surface area contributed by atoms with Crippen molar-refractivity contribution in [1.29, 1.82) is 0 Å². The van der Waals surface area contributed by atoms with Crippen LogP contribution >= 0.6 is 23.1 Å². The molecule has 1 aromatic heterocycles.